The van der Waals surface area contributed by atoms with Gasteiger partial charge < -0.3 is 20.7 Å². The fourth-order valence-corrected chi connectivity index (χ4v) is 3.06. The molecule has 0 saturated carbocycles. The maximum absolute atomic E-state index is 12.5. The fourth-order valence-electron chi connectivity index (χ4n) is 2.90. The maximum Gasteiger partial charge on any atom is 0.227 e. The van der Waals surface area contributed by atoms with Crippen molar-refractivity contribution >= 4 is 29.1 Å². The van der Waals surface area contributed by atoms with E-state index in [1.165, 1.54) is 7.11 Å². The van der Waals surface area contributed by atoms with Crippen LogP contribution in [-0.2, 0) is 9.59 Å². The third-order valence-corrected chi connectivity index (χ3v) is 5.19. The molecule has 3 N–H and O–H groups in total. The minimum Gasteiger partial charge on any atom is -0.495 e. The van der Waals surface area contributed by atoms with Gasteiger partial charge in [-0.1, -0.05) is 25.4 Å². The molecule has 0 radical (unpaired) electrons. The van der Waals surface area contributed by atoms with E-state index in [0.29, 0.717) is 29.5 Å². The smallest absolute Gasteiger partial charge is 0.227 e. The molecule has 7 heteroatoms. The number of carbonyl (C=O) groups is 2. The lowest BCUT2D eigenvalue weighted by atomic mass is 9.94. The number of ether oxygens (including phenoxy) is 1. The zero-order valence-corrected chi connectivity index (χ0v) is 15.7. The Bertz CT molecular complexity index is 646. The molecule has 1 aliphatic rings. The number of nitrogens with two attached hydrogens (primary N) is 1. The van der Waals surface area contributed by atoms with E-state index in [0.717, 1.165) is 12.8 Å². The van der Waals surface area contributed by atoms with Crippen LogP contribution in [0.4, 0.5) is 5.69 Å². The number of rotatable bonds is 7. The predicted octanol–water partition coefficient (Wildman–Crippen LogP) is 2.34. The molecule has 1 saturated heterocycles. The van der Waals surface area contributed by atoms with Gasteiger partial charge in [-0.25, -0.2) is 0 Å². The molecule has 1 unspecified atom stereocenters. The largest absolute Gasteiger partial charge is 0.495 e. The molecule has 1 aromatic carbocycles. The summed E-state index contributed by atoms with van der Waals surface area (Å²) in [7, 11) is 1.54. The van der Waals surface area contributed by atoms with Crippen molar-refractivity contribution in [2.45, 2.75) is 38.6 Å². The Morgan fingerprint density at radius 1 is 1.44 bits per heavy atom. The monoisotopic (exact) mass is 367 g/mol. The summed E-state index contributed by atoms with van der Waals surface area (Å²) >= 11 is 6.04. The van der Waals surface area contributed by atoms with Gasteiger partial charge in [0, 0.05) is 30.1 Å². The highest BCUT2D eigenvalue weighted by Crippen LogP contribution is 2.35. The van der Waals surface area contributed by atoms with Crippen LogP contribution >= 0.6 is 11.6 Å². The van der Waals surface area contributed by atoms with Crippen LogP contribution in [0.1, 0.15) is 33.1 Å². The number of amides is 2. The van der Waals surface area contributed by atoms with Crippen LogP contribution in [-0.4, -0.2) is 37.6 Å². The number of hydrogen-bond donors (Lipinski definition) is 2. The first kappa shape index (κ1) is 19.5. The van der Waals surface area contributed by atoms with Crippen LogP contribution in [0.15, 0.2) is 18.2 Å². The molecule has 1 fully saturated rings. The Morgan fingerprint density at radius 2 is 2.12 bits per heavy atom. The van der Waals surface area contributed by atoms with Crippen molar-refractivity contribution in [3.63, 3.8) is 0 Å². The Balaban J connectivity index is 2.07. The lowest BCUT2D eigenvalue weighted by molar-refractivity contribution is -0.126. The van der Waals surface area contributed by atoms with Gasteiger partial charge in [-0.05, 0) is 31.0 Å². The molecule has 1 atom stereocenters. The number of methoxy groups -OCH3 is 1. The predicted molar refractivity (Wildman–Crippen MR) is 99.0 cm³/mol. The number of hydrogen-bond acceptors (Lipinski definition) is 4. The van der Waals surface area contributed by atoms with E-state index < -0.39 is 11.5 Å². The van der Waals surface area contributed by atoms with E-state index in [1.807, 2.05) is 13.8 Å². The van der Waals surface area contributed by atoms with Crippen LogP contribution in [0.2, 0.25) is 5.02 Å². The molecule has 138 valence electrons. The maximum atomic E-state index is 12.5. The molecule has 0 aliphatic carbocycles. The van der Waals surface area contributed by atoms with E-state index in [2.05, 4.69) is 5.32 Å². The molecule has 0 spiro atoms. The van der Waals surface area contributed by atoms with Crippen molar-refractivity contribution in [1.29, 1.82) is 0 Å². The quantitative estimate of drug-likeness (QED) is 0.774. The highest BCUT2D eigenvalue weighted by atomic mass is 35.5. The minimum atomic E-state index is -0.409. The summed E-state index contributed by atoms with van der Waals surface area (Å²) in [6.45, 7) is 4.71. The molecule has 0 aromatic heterocycles. The van der Waals surface area contributed by atoms with E-state index in [9.17, 15) is 9.59 Å². The second-order valence-electron chi connectivity index (χ2n) is 6.51. The Morgan fingerprint density at radius 3 is 2.72 bits per heavy atom. The summed E-state index contributed by atoms with van der Waals surface area (Å²) in [5.74, 6) is -0.120. The van der Waals surface area contributed by atoms with Gasteiger partial charge in [-0.2, -0.15) is 0 Å². The number of carbonyl (C=O) groups excluding carboxylic acids is 2. The van der Waals surface area contributed by atoms with Crippen LogP contribution in [0.3, 0.4) is 0 Å². The number of nitrogens with zero attached hydrogens (tertiary/aromatic N) is 1. The van der Waals surface area contributed by atoms with Crippen LogP contribution in [0.25, 0.3) is 0 Å². The van der Waals surface area contributed by atoms with Gasteiger partial charge in [0.1, 0.15) is 5.75 Å². The number of anilines is 1. The Kier molecular flexibility index (Phi) is 6.30. The van der Waals surface area contributed by atoms with Gasteiger partial charge in [0.2, 0.25) is 11.8 Å². The zero-order valence-electron chi connectivity index (χ0n) is 15.0. The molecule has 2 amide bonds. The van der Waals surface area contributed by atoms with Crippen LogP contribution in [0, 0.1) is 5.92 Å². The summed E-state index contributed by atoms with van der Waals surface area (Å²) in [6.07, 6.45) is 1.72. The zero-order chi connectivity index (χ0) is 18.6. The lowest BCUT2D eigenvalue weighted by Crippen LogP contribution is -2.50. The van der Waals surface area contributed by atoms with Crippen molar-refractivity contribution in [2.24, 2.45) is 11.7 Å². The van der Waals surface area contributed by atoms with Gasteiger partial charge in [0.25, 0.3) is 0 Å². The molecular weight excluding hydrogens is 342 g/mol. The minimum absolute atomic E-state index is 0.120. The van der Waals surface area contributed by atoms with Gasteiger partial charge in [-0.15, -0.1) is 0 Å². The van der Waals surface area contributed by atoms with Crippen LogP contribution in [0.5, 0.6) is 5.75 Å². The van der Waals surface area contributed by atoms with Crippen molar-refractivity contribution in [2.75, 3.05) is 25.1 Å². The first-order valence-electron chi connectivity index (χ1n) is 8.54. The molecule has 1 aliphatic heterocycles. The summed E-state index contributed by atoms with van der Waals surface area (Å²) < 4.78 is 5.31. The molecule has 25 heavy (non-hydrogen) atoms. The topological polar surface area (TPSA) is 84.7 Å². The number of nitrogens with one attached hydrogen (secondary N) is 1. The normalized spacial score (nSPS) is 17.7. The van der Waals surface area contributed by atoms with E-state index in [4.69, 9.17) is 22.1 Å². The standard InChI is InChI=1S/C18H26ClN3O3/c1-4-18(20,5-2)11-21-17(24)12-8-16(23)22(10-12)14-9-13(19)6-7-15(14)25-3/h6-7,9,12H,4-5,8,10-11,20H2,1-3H3,(H,21,24). The molecule has 0 bridgehead atoms. The first-order chi connectivity index (χ1) is 11.8. The first-order valence-corrected chi connectivity index (χ1v) is 8.91. The van der Waals surface area contributed by atoms with Gasteiger partial charge in [-0.3, -0.25) is 9.59 Å². The summed E-state index contributed by atoms with van der Waals surface area (Å²) in [5.41, 5.74) is 6.40. The lowest BCUT2D eigenvalue weighted by Gasteiger charge is -2.27. The fraction of sp³-hybridized carbons (Fsp3) is 0.556. The van der Waals surface area contributed by atoms with Gasteiger partial charge in [0.15, 0.2) is 0 Å². The Labute approximate surface area is 153 Å². The second-order valence-corrected chi connectivity index (χ2v) is 6.95. The molecule has 1 aromatic rings. The molecule has 1 heterocycles. The third-order valence-electron chi connectivity index (χ3n) is 4.95. The average molecular weight is 368 g/mol. The van der Waals surface area contributed by atoms with Crippen molar-refractivity contribution in [1.82, 2.24) is 5.32 Å². The highest BCUT2D eigenvalue weighted by molar-refractivity contribution is 6.31. The molecule has 2 rings (SSSR count). The third kappa shape index (κ3) is 4.44. The summed E-state index contributed by atoms with van der Waals surface area (Å²) in [5, 5.41) is 3.41. The number of halogens is 1. The summed E-state index contributed by atoms with van der Waals surface area (Å²) in [4.78, 5) is 26.4. The van der Waals surface area contributed by atoms with Crippen molar-refractivity contribution < 1.29 is 14.3 Å². The average Bonchev–Trinajstić information content (AvgIpc) is 3.01. The summed E-state index contributed by atoms with van der Waals surface area (Å²) in [6, 6.07) is 5.09. The van der Waals surface area contributed by atoms with Crippen molar-refractivity contribution in [3.05, 3.63) is 23.2 Å². The van der Waals surface area contributed by atoms with Gasteiger partial charge in [0.05, 0.1) is 18.7 Å². The van der Waals surface area contributed by atoms with Crippen LogP contribution < -0.4 is 20.7 Å². The van der Waals surface area contributed by atoms with E-state index in [-0.39, 0.29) is 18.2 Å². The molecular formula is C18H26ClN3O3. The SMILES string of the molecule is CCC(N)(CC)CNC(=O)C1CC(=O)N(c2cc(Cl)ccc2OC)C1. The van der Waals surface area contributed by atoms with Gasteiger partial charge >= 0.3 is 0 Å². The number of benzene rings is 1. The van der Waals surface area contributed by atoms with Crippen molar-refractivity contribution in [3.8, 4) is 5.75 Å². The van der Waals surface area contributed by atoms with E-state index in [1.54, 1.807) is 23.1 Å². The Hall–Kier alpha value is -1.79. The molecule has 6 nitrogen and oxygen atoms in total. The van der Waals surface area contributed by atoms with E-state index >= 15 is 0 Å². The highest BCUT2D eigenvalue weighted by Gasteiger charge is 2.37. The second kappa shape index (κ2) is 8.06.